The highest BCUT2D eigenvalue weighted by molar-refractivity contribution is 7.98. The first-order valence-electron chi connectivity index (χ1n) is 6.06. The summed E-state index contributed by atoms with van der Waals surface area (Å²) in [6, 6.07) is 0. The van der Waals surface area contributed by atoms with Gasteiger partial charge in [-0.2, -0.15) is 0 Å². The maximum absolute atomic E-state index is 4.71. The second-order valence-corrected chi connectivity index (χ2v) is 5.62. The molecule has 0 aromatic carbocycles. The first kappa shape index (κ1) is 11.8. The van der Waals surface area contributed by atoms with E-state index in [9.17, 15) is 0 Å². The second-order valence-electron chi connectivity index (χ2n) is 4.56. The van der Waals surface area contributed by atoms with Gasteiger partial charge in [-0.15, -0.1) is 6.58 Å². The summed E-state index contributed by atoms with van der Waals surface area (Å²) in [4.78, 5) is 2.44. The smallest absolute Gasteiger partial charge is 0.116 e. The number of amidine groups is 1. The summed E-state index contributed by atoms with van der Waals surface area (Å²) >= 11 is 1.74. The van der Waals surface area contributed by atoms with E-state index in [4.69, 9.17) is 4.40 Å². The van der Waals surface area contributed by atoms with Crippen LogP contribution in [0.4, 0.5) is 0 Å². The normalized spacial score (nSPS) is 32.1. The molecular weight excluding hydrogens is 216 g/mol. The van der Waals surface area contributed by atoms with Crippen molar-refractivity contribution in [2.24, 2.45) is 10.3 Å². The zero-order chi connectivity index (χ0) is 11.4. The molecule has 2 heterocycles. The standard InChI is InChI=1S/C13H20N2S/c1-3-7-12-10-15-9-6-4-5-8-11(2)13(15)14-16-12/h3-4,6,11-12H,1,5,7-10H2,2H3/b6-4-. The van der Waals surface area contributed by atoms with Crippen molar-refractivity contribution in [2.75, 3.05) is 13.1 Å². The summed E-state index contributed by atoms with van der Waals surface area (Å²) in [6.07, 6.45) is 10.0. The van der Waals surface area contributed by atoms with Crippen molar-refractivity contribution in [2.45, 2.75) is 31.4 Å². The summed E-state index contributed by atoms with van der Waals surface area (Å²) in [5, 5.41) is 0.585. The van der Waals surface area contributed by atoms with Crippen LogP contribution in [0.25, 0.3) is 0 Å². The Morgan fingerprint density at radius 3 is 3.31 bits per heavy atom. The van der Waals surface area contributed by atoms with E-state index in [1.54, 1.807) is 11.9 Å². The van der Waals surface area contributed by atoms with Crippen LogP contribution in [0.15, 0.2) is 29.2 Å². The number of nitrogens with zero attached hydrogens (tertiary/aromatic N) is 2. The molecule has 2 nitrogen and oxygen atoms in total. The lowest BCUT2D eigenvalue weighted by Crippen LogP contribution is -2.42. The Balaban J connectivity index is 2.10. The van der Waals surface area contributed by atoms with E-state index >= 15 is 0 Å². The Morgan fingerprint density at radius 1 is 1.62 bits per heavy atom. The molecule has 0 N–H and O–H groups in total. The molecule has 0 aliphatic carbocycles. The van der Waals surface area contributed by atoms with Crippen LogP contribution in [0, 0.1) is 5.92 Å². The third-order valence-electron chi connectivity index (χ3n) is 3.17. The molecule has 0 fully saturated rings. The molecule has 2 aliphatic rings. The number of hydrogen-bond donors (Lipinski definition) is 0. The first-order chi connectivity index (χ1) is 7.81. The fourth-order valence-electron chi connectivity index (χ4n) is 2.23. The van der Waals surface area contributed by atoms with Gasteiger partial charge in [-0.25, -0.2) is 4.40 Å². The molecule has 0 aromatic rings. The van der Waals surface area contributed by atoms with Gasteiger partial charge in [0.1, 0.15) is 5.84 Å². The van der Waals surface area contributed by atoms with Crippen molar-refractivity contribution in [1.82, 2.24) is 4.90 Å². The number of hydrogen-bond acceptors (Lipinski definition) is 3. The molecule has 0 aromatic heterocycles. The second kappa shape index (κ2) is 5.58. The van der Waals surface area contributed by atoms with Gasteiger partial charge in [-0.1, -0.05) is 25.2 Å². The van der Waals surface area contributed by atoms with Crippen LogP contribution in [0.3, 0.4) is 0 Å². The molecule has 2 aliphatic heterocycles. The van der Waals surface area contributed by atoms with Crippen LogP contribution < -0.4 is 0 Å². The van der Waals surface area contributed by atoms with Gasteiger partial charge >= 0.3 is 0 Å². The zero-order valence-electron chi connectivity index (χ0n) is 9.93. The van der Waals surface area contributed by atoms with E-state index in [0.29, 0.717) is 11.2 Å². The van der Waals surface area contributed by atoms with E-state index in [-0.39, 0.29) is 0 Å². The Morgan fingerprint density at radius 2 is 2.50 bits per heavy atom. The number of fused-ring (bicyclic) bond motifs is 1. The molecule has 16 heavy (non-hydrogen) atoms. The van der Waals surface area contributed by atoms with Crippen LogP contribution in [0.2, 0.25) is 0 Å². The highest BCUT2D eigenvalue weighted by Gasteiger charge is 2.26. The zero-order valence-corrected chi connectivity index (χ0v) is 10.7. The average Bonchev–Trinajstić information content (AvgIpc) is 2.26. The molecule has 0 spiro atoms. The Bertz CT molecular complexity index is 309. The Hall–Kier alpha value is -0.700. The summed E-state index contributed by atoms with van der Waals surface area (Å²) in [5.74, 6) is 1.90. The van der Waals surface area contributed by atoms with E-state index in [1.165, 1.54) is 18.7 Å². The third kappa shape index (κ3) is 2.70. The fourth-order valence-corrected chi connectivity index (χ4v) is 3.25. The van der Waals surface area contributed by atoms with Crippen molar-refractivity contribution < 1.29 is 0 Å². The predicted molar refractivity (Wildman–Crippen MR) is 72.7 cm³/mol. The lowest BCUT2D eigenvalue weighted by Gasteiger charge is -2.35. The van der Waals surface area contributed by atoms with E-state index < -0.39 is 0 Å². The summed E-state index contributed by atoms with van der Waals surface area (Å²) in [6.45, 7) is 8.24. The van der Waals surface area contributed by atoms with Gasteiger partial charge < -0.3 is 4.90 Å². The van der Waals surface area contributed by atoms with Gasteiger partial charge in [0.15, 0.2) is 0 Å². The Labute approximate surface area is 103 Å². The van der Waals surface area contributed by atoms with Crippen molar-refractivity contribution in [3.63, 3.8) is 0 Å². The molecular formula is C13H20N2S. The van der Waals surface area contributed by atoms with Crippen molar-refractivity contribution in [3.8, 4) is 0 Å². The van der Waals surface area contributed by atoms with Crippen LogP contribution in [0.1, 0.15) is 26.2 Å². The highest BCUT2D eigenvalue weighted by Crippen LogP contribution is 2.28. The lowest BCUT2D eigenvalue weighted by molar-refractivity contribution is 0.416. The van der Waals surface area contributed by atoms with E-state index in [0.717, 1.165) is 19.5 Å². The SMILES string of the molecule is C=CCC1CN2C/C=C\CCC(C)C2=NS1. The maximum atomic E-state index is 4.71. The van der Waals surface area contributed by atoms with E-state index in [1.807, 2.05) is 6.08 Å². The fraction of sp³-hybridized carbons (Fsp3) is 0.615. The molecule has 3 heteroatoms. The molecule has 2 atom stereocenters. The molecule has 0 saturated carbocycles. The minimum atomic E-state index is 0.585. The predicted octanol–water partition coefficient (Wildman–Crippen LogP) is 3.28. The van der Waals surface area contributed by atoms with Gasteiger partial charge in [-0.3, -0.25) is 0 Å². The van der Waals surface area contributed by atoms with Gasteiger partial charge in [0.25, 0.3) is 0 Å². The average molecular weight is 236 g/mol. The minimum Gasteiger partial charge on any atom is -0.354 e. The topological polar surface area (TPSA) is 15.6 Å². The van der Waals surface area contributed by atoms with Crippen molar-refractivity contribution >= 4 is 17.8 Å². The third-order valence-corrected chi connectivity index (χ3v) is 4.10. The molecule has 0 amide bonds. The molecule has 88 valence electrons. The van der Waals surface area contributed by atoms with Gasteiger partial charge in [0.05, 0.1) is 0 Å². The number of allylic oxidation sites excluding steroid dienone is 2. The first-order valence-corrected chi connectivity index (χ1v) is 6.89. The van der Waals surface area contributed by atoms with E-state index in [2.05, 4.69) is 30.6 Å². The minimum absolute atomic E-state index is 0.585. The maximum Gasteiger partial charge on any atom is 0.116 e. The quantitative estimate of drug-likeness (QED) is 0.540. The van der Waals surface area contributed by atoms with Crippen LogP contribution in [-0.2, 0) is 0 Å². The van der Waals surface area contributed by atoms with Crippen LogP contribution in [-0.4, -0.2) is 29.1 Å². The summed E-state index contributed by atoms with van der Waals surface area (Å²) < 4.78 is 4.71. The summed E-state index contributed by atoms with van der Waals surface area (Å²) in [7, 11) is 0. The van der Waals surface area contributed by atoms with Crippen LogP contribution in [0.5, 0.6) is 0 Å². The van der Waals surface area contributed by atoms with Gasteiger partial charge in [0.2, 0.25) is 0 Å². The molecule has 0 bridgehead atoms. The largest absolute Gasteiger partial charge is 0.354 e. The van der Waals surface area contributed by atoms with Crippen LogP contribution >= 0.6 is 11.9 Å². The van der Waals surface area contributed by atoms with Gasteiger partial charge in [0, 0.05) is 24.3 Å². The monoisotopic (exact) mass is 236 g/mol. The number of rotatable bonds is 2. The molecule has 2 unspecified atom stereocenters. The van der Waals surface area contributed by atoms with Crippen molar-refractivity contribution in [3.05, 3.63) is 24.8 Å². The highest BCUT2D eigenvalue weighted by atomic mass is 32.2. The lowest BCUT2D eigenvalue weighted by atomic mass is 10.0. The molecule has 0 saturated heterocycles. The van der Waals surface area contributed by atoms with Gasteiger partial charge in [-0.05, 0) is 31.2 Å². The summed E-state index contributed by atoms with van der Waals surface area (Å²) in [5.41, 5.74) is 0. The Kier molecular flexibility index (Phi) is 4.10. The molecule has 2 rings (SSSR count). The molecule has 0 radical (unpaired) electrons. The van der Waals surface area contributed by atoms with Crippen molar-refractivity contribution in [1.29, 1.82) is 0 Å².